The second-order valence-corrected chi connectivity index (χ2v) is 9.30. The van der Waals surface area contributed by atoms with Crippen LogP contribution in [0, 0.1) is 29.4 Å². The Balaban J connectivity index is 1.50. The molecule has 2 fully saturated rings. The van der Waals surface area contributed by atoms with Gasteiger partial charge < -0.3 is 4.74 Å². The molecular formula is C26H38F2O. The van der Waals surface area contributed by atoms with Crippen LogP contribution in [0.1, 0.15) is 94.6 Å². The highest BCUT2D eigenvalue weighted by Crippen LogP contribution is 2.44. The van der Waals surface area contributed by atoms with Crippen molar-refractivity contribution in [2.45, 2.75) is 90.1 Å². The van der Waals surface area contributed by atoms with Gasteiger partial charge in [-0.15, -0.1) is 6.58 Å². The summed E-state index contributed by atoms with van der Waals surface area (Å²) in [5, 5.41) is 0. The van der Waals surface area contributed by atoms with Crippen molar-refractivity contribution in [1.82, 2.24) is 0 Å². The van der Waals surface area contributed by atoms with Gasteiger partial charge in [-0.05, 0) is 79.9 Å². The molecule has 2 aliphatic carbocycles. The van der Waals surface area contributed by atoms with Crippen LogP contribution in [-0.4, -0.2) is 6.61 Å². The van der Waals surface area contributed by atoms with Gasteiger partial charge in [0.05, 0.1) is 13.2 Å². The topological polar surface area (TPSA) is 9.23 Å². The third kappa shape index (κ3) is 6.13. The fourth-order valence-electron chi connectivity index (χ4n) is 5.61. The third-order valence-corrected chi connectivity index (χ3v) is 7.41. The van der Waals surface area contributed by atoms with E-state index in [9.17, 15) is 8.78 Å². The second-order valence-electron chi connectivity index (χ2n) is 9.30. The van der Waals surface area contributed by atoms with Gasteiger partial charge >= 0.3 is 0 Å². The fourth-order valence-corrected chi connectivity index (χ4v) is 5.61. The average molecular weight is 405 g/mol. The Labute approximate surface area is 175 Å². The van der Waals surface area contributed by atoms with Crippen molar-refractivity contribution < 1.29 is 13.5 Å². The molecule has 3 heteroatoms. The molecule has 162 valence electrons. The first-order valence-electron chi connectivity index (χ1n) is 11.8. The zero-order valence-corrected chi connectivity index (χ0v) is 18.1. The molecule has 1 aromatic rings. The summed E-state index contributed by atoms with van der Waals surface area (Å²) in [5.74, 6) is 2.00. The van der Waals surface area contributed by atoms with Crippen LogP contribution in [0.15, 0.2) is 24.8 Å². The van der Waals surface area contributed by atoms with E-state index in [2.05, 4.69) is 13.5 Å². The minimum atomic E-state index is -0.475. The second kappa shape index (κ2) is 11.2. The van der Waals surface area contributed by atoms with Gasteiger partial charge in [0, 0.05) is 5.56 Å². The molecule has 0 N–H and O–H groups in total. The molecule has 0 unspecified atom stereocenters. The molecule has 0 saturated heterocycles. The Kier molecular flexibility index (Phi) is 8.71. The highest BCUT2D eigenvalue weighted by atomic mass is 19.1. The van der Waals surface area contributed by atoms with E-state index in [-0.39, 0.29) is 12.2 Å². The van der Waals surface area contributed by atoms with E-state index >= 15 is 0 Å². The first-order chi connectivity index (χ1) is 14.1. The molecule has 0 aromatic heterocycles. The maximum atomic E-state index is 14.4. The molecule has 0 spiro atoms. The van der Waals surface area contributed by atoms with E-state index in [1.807, 2.05) is 0 Å². The standard InChI is InChI=1S/C26H38F2O/c1-3-5-6-19-7-9-20(10-8-19)21-11-13-22(14-12-21)23-16-25(27)24(26(28)17-23)18-29-15-4-2/h4,16-17,19-22H,2-3,5-15,18H2,1H3. The Morgan fingerprint density at radius 3 is 2.10 bits per heavy atom. The summed E-state index contributed by atoms with van der Waals surface area (Å²) in [4.78, 5) is 0. The molecule has 3 rings (SSSR count). The minimum absolute atomic E-state index is 0.0316. The predicted octanol–water partition coefficient (Wildman–Crippen LogP) is 7.94. The number of unbranched alkanes of at least 4 members (excludes halogenated alkanes) is 1. The van der Waals surface area contributed by atoms with Crippen LogP contribution in [0.25, 0.3) is 0 Å². The minimum Gasteiger partial charge on any atom is -0.373 e. The van der Waals surface area contributed by atoms with Gasteiger partial charge in [0.2, 0.25) is 0 Å². The fraction of sp³-hybridized carbons (Fsp3) is 0.692. The van der Waals surface area contributed by atoms with Gasteiger partial charge in [-0.1, -0.05) is 45.1 Å². The zero-order valence-electron chi connectivity index (χ0n) is 18.1. The van der Waals surface area contributed by atoms with E-state index in [4.69, 9.17) is 4.74 Å². The van der Waals surface area contributed by atoms with Crippen molar-refractivity contribution in [1.29, 1.82) is 0 Å². The molecule has 29 heavy (non-hydrogen) atoms. The maximum absolute atomic E-state index is 14.4. The average Bonchev–Trinajstić information content (AvgIpc) is 2.74. The SMILES string of the molecule is C=CCOCc1c(F)cc(C2CCC(C3CCC(CCCC)CC3)CC2)cc1F. The first kappa shape index (κ1) is 22.5. The molecule has 0 atom stereocenters. The molecule has 0 heterocycles. The Bertz CT molecular complexity index is 617. The zero-order chi connectivity index (χ0) is 20.6. The summed E-state index contributed by atoms with van der Waals surface area (Å²) in [6.45, 7) is 6.09. The summed E-state index contributed by atoms with van der Waals surface area (Å²) in [6.07, 6.45) is 15.9. The van der Waals surface area contributed by atoms with Gasteiger partial charge in [0.1, 0.15) is 11.6 Å². The Morgan fingerprint density at radius 2 is 1.55 bits per heavy atom. The molecule has 1 nitrogen and oxygen atoms in total. The Hall–Kier alpha value is -1.22. The largest absolute Gasteiger partial charge is 0.373 e. The lowest BCUT2D eigenvalue weighted by atomic mass is 9.68. The molecule has 1 aromatic carbocycles. The number of hydrogen-bond acceptors (Lipinski definition) is 1. The van der Waals surface area contributed by atoms with Crippen LogP contribution in [0.4, 0.5) is 8.78 Å². The van der Waals surface area contributed by atoms with Gasteiger partial charge in [-0.3, -0.25) is 0 Å². The molecular weight excluding hydrogens is 366 g/mol. The Morgan fingerprint density at radius 1 is 0.966 bits per heavy atom. The van der Waals surface area contributed by atoms with Crippen LogP contribution >= 0.6 is 0 Å². The number of halogens is 2. The van der Waals surface area contributed by atoms with Crippen molar-refractivity contribution >= 4 is 0 Å². The van der Waals surface area contributed by atoms with Gasteiger partial charge in [-0.2, -0.15) is 0 Å². The van der Waals surface area contributed by atoms with Crippen molar-refractivity contribution in [2.75, 3.05) is 6.61 Å². The highest BCUT2D eigenvalue weighted by Gasteiger charge is 2.31. The number of rotatable bonds is 9. The summed E-state index contributed by atoms with van der Waals surface area (Å²) < 4.78 is 34.1. The van der Waals surface area contributed by atoms with Crippen LogP contribution in [-0.2, 0) is 11.3 Å². The van der Waals surface area contributed by atoms with E-state index in [0.717, 1.165) is 36.2 Å². The molecule has 0 bridgehead atoms. The predicted molar refractivity (Wildman–Crippen MR) is 116 cm³/mol. The van der Waals surface area contributed by atoms with E-state index < -0.39 is 11.6 Å². The van der Waals surface area contributed by atoms with Crippen LogP contribution < -0.4 is 0 Å². The summed E-state index contributed by atoms with van der Waals surface area (Å²) in [5.41, 5.74) is 0.860. The molecule has 2 saturated carbocycles. The molecule has 2 aliphatic rings. The third-order valence-electron chi connectivity index (χ3n) is 7.41. The molecule has 0 amide bonds. The lowest BCUT2D eigenvalue weighted by Crippen LogP contribution is -2.25. The summed E-state index contributed by atoms with van der Waals surface area (Å²) >= 11 is 0. The normalized spacial score (nSPS) is 27.7. The van der Waals surface area contributed by atoms with E-state index in [1.54, 1.807) is 18.2 Å². The van der Waals surface area contributed by atoms with Crippen molar-refractivity contribution in [2.24, 2.45) is 17.8 Å². The molecule has 0 radical (unpaired) electrons. The summed E-state index contributed by atoms with van der Waals surface area (Å²) in [7, 11) is 0. The van der Waals surface area contributed by atoms with Crippen LogP contribution in [0.5, 0.6) is 0 Å². The van der Waals surface area contributed by atoms with E-state index in [0.29, 0.717) is 12.5 Å². The smallest absolute Gasteiger partial charge is 0.131 e. The first-order valence-corrected chi connectivity index (χ1v) is 11.8. The van der Waals surface area contributed by atoms with Crippen molar-refractivity contribution in [3.8, 4) is 0 Å². The lowest BCUT2D eigenvalue weighted by Gasteiger charge is -2.38. The lowest BCUT2D eigenvalue weighted by molar-refractivity contribution is 0.142. The maximum Gasteiger partial charge on any atom is 0.131 e. The molecule has 0 aliphatic heterocycles. The van der Waals surface area contributed by atoms with Gasteiger partial charge in [0.15, 0.2) is 0 Å². The van der Waals surface area contributed by atoms with Crippen LogP contribution in [0.2, 0.25) is 0 Å². The quantitative estimate of drug-likeness (QED) is 0.300. The highest BCUT2D eigenvalue weighted by molar-refractivity contribution is 5.28. The number of benzene rings is 1. The van der Waals surface area contributed by atoms with E-state index in [1.165, 1.54) is 57.8 Å². The van der Waals surface area contributed by atoms with Crippen molar-refractivity contribution in [3.05, 3.63) is 47.5 Å². The van der Waals surface area contributed by atoms with Gasteiger partial charge in [0.25, 0.3) is 0 Å². The summed E-state index contributed by atoms with van der Waals surface area (Å²) in [6, 6.07) is 3.08. The van der Waals surface area contributed by atoms with Gasteiger partial charge in [-0.25, -0.2) is 8.78 Å². The van der Waals surface area contributed by atoms with Crippen molar-refractivity contribution in [3.63, 3.8) is 0 Å². The monoisotopic (exact) mass is 404 g/mol. The van der Waals surface area contributed by atoms with Crippen LogP contribution in [0.3, 0.4) is 0 Å². The number of hydrogen-bond donors (Lipinski definition) is 0. The number of ether oxygens (including phenoxy) is 1.